The Morgan fingerprint density at radius 2 is 2.36 bits per heavy atom. The topological polar surface area (TPSA) is 30.5 Å². The van der Waals surface area contributed by atoms with E-state index in [2.05, 4.69) is 5.48 Å². The van der Waals surface area contributed by atoms with Crippen LogP contribution in [0.15, 0.2) is 12.1 Å². The minimum Gasteiger partial charge on any atom is -0.488 e. The summed E-state index contributed by atoms with van der Waals surface area (Å²) in [4.78, 5) is 4.83. The molecule has 1 unspecified atom stereocenters. The van der Waals surface area contributed by atoms with Gasteiger partial charge in [-0.1, -0.05) is 6.07 Å². The number of benzene rings is 1. The number of hydrogen-bond donors (Lipinski definition) is 1. The van der Waals surface area contributed by atoms with Gasteiger partial charge >= 0.3 is 0 Å². The SMILES string of the molecule is CONC1COc2c(F)ccc(C)c21. The predicted octanol–water partition coefficient (Wildman–Crippen LogP) is 1.72. The number of ether oxygens (including phenoxy) is 1. The first-order valence-corrected chi connectivity index (χ1v) is 4.44. The first-order valence-electron chi connectivity index (χ1n) is 4.44. The molecule has 1 heterocycles. The highest BCUT2D eigenvalue weighted by molar-refractivity contribution is 5.45. The first-order chi connectivity index (χ1) is 6.74. The molecule has 0 saturated heterocycles. The Bertz CT molecular complexity index is 354. The van der Waals surface area contributed by atoms with Crippen LogP contribution in [0.3, 0.4) is 0 Å². The number of hydrogen-bond acceptors (Lipinski definition) is 3. The molecule has 1 aliphatic heterocycles. The van der Waals surface area contributed by atoms with Gasteiger partial charge in [0.15, 0.2) is 11.6 Å². The Balaban J connectivity index is 2.42. The fourth-order valence-corrected chi connectivity index (χ4v) is 1.74. The average Bonchev–Trinajstić information content (AvgIpc) is 2.58. The summed E-state index contributed by atoms with van der Waals surface area (Å²) in [7, 11) is 1.53. The highest BCUT2D eigenvalue weighted by Gasteiger charge is 2.28. The standard InChI is InChI=1S/C10H12FNO2/c1-6-3-4-7(11)10-9(6)8(5-14-10)12-13-2/h3-4,8,12H,5H2,1-2H3. The molecule has 0 fully saturated rings. The molecule has 2 rings (SSSR count). The van der Waals surface area contributed by atoms with Gasteiger partial charge in [0.2, 0.25) is 0 Å². The van der Waals surface area contributed by atoms with Crippen LogP contribution >= 0.6 is 0 Å². The molecule has 0 radical (unpaired) electrons. The van der Waals surface area contributed by atoms with E-state index in [0.29, 0.717) is 12.4 Å². The maximum Gasteiger partial charge on any atom is 0.165 e. The lowest BCUT2D eigenvalue weighted by molar-refractivity contribution is 0.0533. The van der Waals surface area contributed by atoms with Crippen molar-refractivity contribution in [3.63, 3.8) is 0 Å². The summed E-state index contributed by atoms with van der Waals surface area (Å²) in [6, 6.07) is 3.09. The van der Waals surface area contributed by atoms with Crippen molar-refractivity contribution in [2.45, 2.75) is 13.0 Å². The lowest BCUT2D eigenvalue weighted by atomic mass is 10.0. The Hall–Kier alpha value is -1.13. The molecule has 0 amide bonds. The Morgan fingerprint density at radius 1 is 1.57 bits per heavy atom. The van der Waals surface area contributed by atoms with E-state index in [1.807, 2.05) is 6.92 Å². The summed E-state index contributed by atoms with van der Waals surface area (Å²) >= 11 is 0. The third kappa shape index (κ3) is 1.36. The third-order valence-electron chi connectivity index (χ3n) is 2.37. The minimum absolute atomic E-state index is 0.0781. The number of hydroxylamine groups is 1. The summed E-state index contributed by atoms with van der Waals surface area (Å²) in [5, 5.41) is 0. The van der Waals surface area contributed by atoms with E-state index in [0.717, 1.165) is 11.1 Å². The summed E-state index contributed by atoms with van der Waals surface area (Å²) in [6.07, 6.45) is 0. The second kappa shape index (κ2) is 3.55. The number of rotatable bonds is 2. The second-order valence-electron chi connectivity index (χ2n) is 3.29. The van der Waals surface area contributed by atoms with Gasteiger partial charge in [0.05, 0.1) is 13.2 Å². The molecule has 1 aliphatic rings. The zero-order valence-corrected chi connectivity index (χ0v) is 8.13. The van der Waals surface area contributed by atoms with Crippen LogP contribution in [-0.2, 0) is 4.84 Å². The molecule has 0 aromatic heterocycles. The monoisotopic (exact) mass is 197 g/mol. The van der Waals surface area contributed by atoms with E-state index in [1.165, 1.54) is 13.2 Å². The fraction of sp³-hybridized carbons (Fsp3) is 0.400. The van der Waals surface area contributed by atoms with Gasteiger partial charge in [-0.2, -0.15) is 5.48 Å². The van der Waals surface area contributed by atoms with E-state index in [-0.39, 0.29) is 11.9 Å². The van der Waals surface area contributed by atoms with Crippen molar-refractivity contribution in [3.05, 3.63) is 29.1 Å². The molecule has 1 N–H and O–H groups in total. The van der Waals surface area contributed by atoms with Crippen molar-refractivity contribution in [1.29, 1.82) is 0 Å². The molecule has 0 spiro atoms. The van der Waals surface area contributed by atoms with Gasteiger partial charge in [-0.25, -0.2) is 4.39 Å². The number of fused-ring (bicyclic) bond motifs is 1. The molecule has 1 atom stereocenters. The number of nitrogens with one attached hydrogen (secondary N) is 1. The van der Waals surface area contributed by atoms with Gasteiger partial charge in [0, 0.05) is 5.56 Å². The van der Waals surface area contributed by atoms with Crippen LogP contribution in [-0.4, -0.2) is 13.7 Å². The first kappa shape index (κ1) is 9.43. The molecule has 76 valence electrons. The normalized spacial score (nSPS) is 19.2. The molecular formula is C10H12FNO2. The van der Waals surface area contributed by atoms with Crippen LogP contribution in [0.4, 0.5) is 4.39 Å². The Morgan fingerprint density at radius 3 is 3.07 bits per heavy atom. The minimum atomic E-state index is -0.314. The van der Waals surface area contributed by atoms with Crippen molar-refractivity contribution >= 4 is 0 Å². The van der Waals surface area contributed by atoms with Crippen molar-refractivity contribution in [3.8, 4) is 5.75 Å². The van der Waals surface area contributed by atoms with E-state index in [1.54, 1.807) is 6.07 Å². The summed E-state index contributed by atoms with van der Waals surface area (Å²) in [5.41, 5.74) is 4.64. The van der Waals surface area contributed by atoms with Crippen molar-refractivity contribution in [1.82, 2.24) is 5.48 Å². The molecule has 1 aromatic rings. The number of aryl methyl sites for hydroxylation is 1. The van der Waals surface area contributed by atoms with Crippen molar-refractivity contribution in [2.75, 3.05) is 13.7 Å². The maximum absolute atomic E-state index is 13.3. The van der Waals surface area contributed by atoms with Crippen molar-refractivity contribution < 1.29 is 14.0 Å². The van der Waals surface area contributed by atoms with Crippen LogP contribution in [0.2, 0.25) is 0 Å². The Kier molecular flexibility index (Phi) is 2.39. The zero-order chi connectivity index (χ0) is 10.1. The van der Waals surface area contributed by atoms with Crippen LogP contribution in [0, 0.1) is 12.7 Å². The summed E-state index contributed by atoms with van der Waals surface area (Å²) in [5.74, 6) is 0.0329. The number of halogens is 1. The van der Waals surface area contributed by atoms with Gasteiger partial charge in [-0.3, -0.25) is 0 Å². The zero-order valence-electron chi connectivity index (χ0n) is 8.13. The predicted molar refractivity (Wildman–Crippen MR) is 49.5 cm³/mol. The Labute approximate surface area is 81.8 Å². The smallest absolute Gasteiger partial charge is 0.165 e. The van der Waals surface area contributed by atoms with Crippen LogP contribution in [0.5, 0.6) is 5.75 Å². The molecule has 3 nitrogen and oxygen atoms in total. The largest absolute Gasteiger partial charge is 0.488 e. The van der Waals surface area contributed by atoms with E-state index >= 15 is 0 Å². The summed E-state index contributed by atoms with van der Waals surface area (Å²) < 4.78 is 18.5. The molecule has 0 saturated carbocycles. The average molecular weight is 197 g/mol. The molecule has 1 aromatic carbocycles. The fourth-order valence-electron chi connectivity index (χ4n) is 1.74. The second-order valence-corrected chi connectivity index (χ2v) is 3.29. The lowest BCUT2D eigenvalue weighted by Crippen LogP contribution is -2.21. The highest BCUT2D eigenvalue weighted by atomic mass is 19.1. The van der Waals surface area contributed by atoms with E-state index in [4.69, 9.17) is 9.57 Å². The van der Waals surface area contributed by atoms with E-state index in [9.17, 15) is 4.39 Å². The van der Waals surface area contributed by atoms with Gasteiger partial charge < -0.3 is 9.57 Å². The van der Waals surface area contributed by atoms with Gasteiger partial charge in [-0.15, -0.1) is 0 Å². The van der Waals surface area contributed by atoms with Gasteiger partial charge in [0.25, 0.3) is 0 Å². The van der Waals surface area contributed by atoms with E-state index < -0.39 is 0 Å². The summed E-state index contributed by atoms with van der Waals surface area (Å²) in [6.45, 7) is 2.34. The molecule has 0 bridgehead atoms. The van der Waals surface area contributed by atoms with Gasteiger partial charge in [0.1, 0.15) is 6.61 Å². The van der Waals surface area contributed by atoms with Crippen LogP contribution < -0.4 is 10.2 Å². The quantitative estimate of drug-likeness (QED) is 0.732. The molecule has 4 heteroatoms. The maximum atomic E-state index is 13.3. The van der Waals surface area contributed by atoms with Gasteiger partial charge in [-0.05, 0) is 18.6 Å². The molecule has 14 heavy (non-hydrogen) atoms. The molecule has 0 aliphatic carbocycles. The highest BCUT2D eigenvalue weighted by Crippen LogP contribution is 2.36. The lowest BCUT2D eigenvalue weighted by Gasteiger charge is -2.10. The third-order valence-corrected chi connectivity index (χ3v) is 2.37. The van der Waals surface area contributed by atoms with Crippen LogP contribution in [0.25, 0.3) is 0 Å². The van der Waals surface area contributed by atoms with Crippen LogP contribution in [0.1, 0.15) is 17.2 Å². The molecular weight excluding hydrogens is 185 g/mol. The van der Waals surface area contributed by atoms with Crippen molar-refractivity contribution in [2.24, 2.45) is 0 Å².